The van der Waals surface area contributed by atoms with Gasteiger partial charge in [-0.1, -0.05) is 51.1 Å². The maximum Gasteiger partial charge on any atom is 0.330 e. The molecule has 0 aromatic heterocycles. The van der Waals surface area contributed by atoms with Crippen LogP contribution < -0.4 is 10.6 Å². The third-order valence-electron chi connectivity index (χ3n) is 2.82. The topological polar surface area (TPSA) is 78.4 Å². The molecule has 2 amide bonds. The Morgan fingerprint density at radius 2 is 1.80 bits per heavy atom. The van der Waals surface area contributed by atoms with E-state index in [-0.39, 0.29) is 5.41 Å². The predicted octanol–water partition coefficient (Wildman–Crippen LogP) is 2.55. The standard InChI is InChI=1S/C15H22N2O3/c1-15(2,3)9-10-16-14(20)17-12(13(18)19)11-7-5-4-6-8-11/h4-8,12H,9-10H2,1-3H3,(H,18,19)(H2,16,17,20)/t12-/m1/s1. The van der Waals surface area contributed by atoms with Gasteiger partial charge in [-0.25, -0.2) is 9.59 Å². The number of nitrogens with one attached hydrogen (secondary N) is 2. The molecule has 1 aromatic rings. The van der Waals surface area contributed by atoms with Crippen molar-refractivity contribution in [3.8, 4) is 0 Å². The lowest BCUT2D eigenvalue weighted by Gasteiger charge is -2.19. The van der Waals surface area contributed by atoms with Gasteiger partial charge in [0.1, 0.15) is 0 Å². The first kappa shape index (κ1) is 16.0. The van der Waals surface area contributed by atoms with Crippen molar-refractivity contribution in [2.45, 2.75) is 33.2 Å². The van der Waals surface area contributed by atoms with Crippen molar-refractivity contribution in [1.29, 1.82) is 0 Å². The molecule has 20 heavy (non-hydrogen) atoms. The Labute approximate surface area is 119 Å². The summed E-state index contributed by atoms with van der Waals surface area (Å²) in [5, 5.41) is 14.3. The Balaban J connectivity index is 2.55. The summed E-state index contributed by atoms with van der Waals surface area (Å²) in [5.41, 5.74) is 0.671. The molecule has 0 radical (unpaired) electrons. The number of carboxylic acid groups (broad SMARTS) is 1. The van der Waals surface area contributed by atoms with Crippen LogP contribution in [0.5, 0.6) is 0 Å². The lowest BCUT2D eigenvalue weighted by atomic mass is 9.92. The summed E-state index contributed by atoms with van der Waals surface area (Å²) in [6.07, 6.45) is 0.823. The molecule has 3 N–H and O–H groups in total. The summed E-state index contributed by atoms with van der Waals surface area (Å²) in [6, 6.07) is 7.12. The molecule has 0 unspecified atom stereocenters. The van der Waals surface area contributed by atoms with Gasteiger partial charge in [0.2, 0.25) is 0 Å². The third-order valence-corrected chi connectivity index (χ3v) is 2.82. The highest BCUT2D eigenvalue weighted by Gasteiger charge is 2.21. The fourth-order valence-electron chi connectivity index (χ4n) is 1.67. The number of carboxylic acids is 1. The number of carbonyl (C=O) groups is 2. The summed E-state index contributed by atoms with van der Waals surface area (Å²) in [6.45, 7) is 6.75. The first-order valence-electron chi connectivity index (χ1n) is 6.62. The highest BCUT2D eigenvalue weighted by molar-refractivity contribution is 5.83. The van der Waals surface area contributed by atoms with Crippen LogP contribution in [0.4, 0.5) is 4.79 Å². The van der Waals surface area contributed by atoms with Crippen molar-refractivity contribution in [3.05, 3.63) is 35.9 Å². The number of benzene rings is 1. The van der Waals surface area contributed by atoms with Gasteiger partial charge < -0.3 is 15.7 Å². The second kappa shape index (κ2) is 6.93. The van der Waals surface area contributed by atoms with E-state index in [0.29, 0.717) is 12.1 Å². The Morgan fingerprint density at radius 3 is 2.30 bits per heavy atom. The van der Waals surface area contributed by atoms with E-state index < -0.39 is 18.0 Å². The molecule has 0 aliphatic carbocycles. The monoisotopic (exact) mass is 278 g/mol. The van der Waals surface area contributed by atoms with E-state index in [1.54, 1.807) is 30.3 Å². The molecule has 110 valence electrons. The van der Waals surface area contributed by atoms with E-state index in [9.17, 15) is 14.7 Å². The van der Waals surface area contributed by atoms with Gasteiger partial charge in [0.25, 0.3) is 0 Å². The fourth-order valence-corrected chi connectivity index (χ4v) is 1.67. The Hall–Kier alpha value is -2.04. The summed E-state index contributed by atoms with van der Waals surface area (Å²) in [4.78, 5) is 23.0. The van der Waals surface area contributed by atoms with Crippen molar-refractivity contribution >= 4 is 12.0 Å². The molecular weight excluding hydrogens is 256 g/mol. The van der Waals surface area contributed by atoms with Gasteiger partial charge in [-0.05, 0) is 17.4 Å². The van der Waals surface area contributed by atoms with Crippen molar-refractivity contribution in [2.24, 2.45) is 5.41 Å². The van der Waals surface area contributed by atoms with Gasteiger partial charge in [-0.2, -0.15) is 0 Å². The normalized spacial score (nSPS) is 12.6. The van der Waals surface area contributed by atoms with Gasteiger partial charge in [0.15, 0.2) is 6.04 Å². The molecule has 5 heteroatoms. The molecule has 0 fully saturated rings. The van der Waals surface area contributed by atoms with Crippen LogP contribution in [0.25, 0.3) is 0 Å². The van der Waals surface area contributed by atoms with Gasteiger partial charge in [0, 0.05) is 6.54 Å². The molecule has 1 atom stereocenters. The van der Waals surface area contributed by atoms with Crippen LogP contribution in [0, 0.1) is 5.41 Å². The average molecular weight is 278 g/mol. The van der Waals surface area contributed by atoms with E-state index in [4.69, 9.17) is 0 Å². The van der Waals surface area contributed by atoms with E-state index >= 15 is 0 Å². The first-order valence-corrected chi connectivity index (χ1v) is 6.62. The van der Waals surface area contributed by atoms with E-state index in [0.717, 1.165) is 6.42 Å². The molecule has 0 saturated carbocycles. The number of aliphatic carboxylic acids is 1. The number of rotatable bonds is 5. The molecule has 0 aliphatic heterocycles. The molecular formula is C15H22N2O3. The lowest BCUT2D eigenvalue weighted by molar-refractivity contribution is -0.139. The van der Waals surface area contributed by atoms with Crippen molar-refractivity contribution < 1.29 is 14.7 Å². The molecule has 0 spiro atoms. The number of hydrogen-bond donors (Lipinski definition) is 3. The number of amides is 2. The van der Waals surface area contributed by atoms with Crippen LogP contribution in [0.2, 0.25) is 0 Å². The quantitative estimate of drug-likeness (QED) is 0.774. The van der Waals surface area contributed by atoms with E-state index in [2.05, 4.69) is 31.4 Å². The summed E-state index contributed by atoms with van der Waals surface area (Å²) < 4.78 is 0. The highest BCUT2D eigenvalue weighted by Crippen LogP contribution is 2.17. The van der Waals surface area contributed by atoms with Crippen LogP contribution in [-0.4, -0.2) is 23.7 Å². The van der Waals surface area contributed by atoms with Crippen molar-refractivity contribution in [3.63, 3.8) is 0 Å². The minimum absolute atomic E-state index is 0.124. The molecule has 0 saturated heterocycles. The van der Waals surface area contributed by atoms with Crippen LogP contribution in [0.15, 0.2) is 30.3 Å². The minimum Gasteiger partial charge on any atom is -0.479 e. The van der Waals surface area contributed by atoms with Crippen molar-refractivity contribution in [2.75, 3.05) is 6.54 Å². The minimum atomic E-state index is -1.08. The van der Waals surface area contributed by atoms with E-state index in [1.165, 1.54) is 0 Å². The summed E-state index contributed by atoms with van der Waals surface area (Å²) in [7, 11) is 0. The fraction of sp³-hybridized carbons (Fsp3) is 0.467. The first-order chi connectivity index (χ1) is 9.29. The molecule has 1 aromatic carbocycles. The number of urea groups is 1. The molecule has 0 heterocycles. The summed E-state index contributed by atoms with van der Waals surface area (Å²) >= 11 is 0. The van der Waals surface area contributed by atoms with Crippen LogP contribution in [0.1, 0.15) is 38.8 Å². The van der Waals surface area contributed by atoms with Gasteiger partial charge in [0.05, 0.1) is 0 Å². The van der Waals surface area contributed by atoms with Crippen LogP contribution in [-0.2, 0) is 4.79 Å². The zero-order valence-electron chi connectivity index (χ0n) is 12.1. The van der Waals surface area contributed by atoms with E-state index in [1.807, 2.05) is 0 Å². The Morgan fingerprint density at radius 1 is 1.20 bits per heavy atom. The van der Waals surface area contributed by atoms with Crippen LogP contribution in [0.3, 0.4) is 0 Å². The molecule has 0 aliphatic rings. The molecule has 5 nitrogen and oxygen atoms in total. The smallest absolute Gasteiger partial charge is 0.330 e. The largest absolute Gasteiger partial charge is 0.479 e. The van der Waals surface area contributed by atoms with Gasteiger partial charge >= 0.3 is 12.0 Å². The predicted molar refractivity (Wildman–Crippen MR) is 77.4 cm³/mol. The summed E-state index contributed by atoms with van der Waals surface area (Å²) in [5.74, 6) is -1.08. The zero-order chi connectivity index (χ0) is 15.2. The second-order valence-corrected chi connectivity index (χ2v) is 5.89. The van der Waals surface area contributed by atoms with Gasteiger partial charge in [-0.3, -0.25) is 0 Å². The highest BCUT2D eigenvalue weighted by atomic mass is 16.4. The third kappa shape index (κ3) is 5.73. The SMILES string of the molecule is CC(C)(C)CCNC(=O)N[C@@H](C(=O)O)c1ccccc1. The molecule has 0 bridgehead atoms. The second-order valence-electron chi connectivity index (χ2n) is 5.89. The van der Waals surface area contributed by atoms with Crippen molar-refractivity contribution in [1.82, 2.24) is 10.6 Å². The van der Waals surface area contributed by atoms with Gasteiger partial charge in [-0.15, -0.1) is 0 Å². The Bertz CT molecular complexity index is 452. The number of carbonyl (C=O) groups excluding carboxylic acids is 1. The Kier molecular flexibility index (Phi) is 5.55. The van der Waals surface area contributed by atoms with Crippen LogP contribution >= 0.6 is 0 Å². The average Bonchev–Trinajstić information content (AvgIpc) is 2.35. The maximum atomic E-state index is 11.7. The molecule has 1 rings (SSSR count). The number of hydrogen-bond acceptors (Lipinski definition) is 2. The lowest BCUT2D eigenvalue weighted by Crippen LogP contribution is -2.41. The maximum absolute atomic E-state index is 11.7. The zero-order valence-corrected chi connectivity index (χ0v) is 12.1.